The summed E-state index contributed by atoms with van der Waals surface area (Å²) in [5.41, 5.74) is 3.01. The van der Waals surface area contributed by atoms with Gasteiger partial charge >= 0.3 is 0 Å². The second-order valence-electron chi connectivity index (χ2n) is 18.0. The number of benzene rings is 1. The molecule has 7 aromatic rings. The molecule has 2 aliphatic heterocycles. The van der Waals surface area contributed by atoms with E-state index in [2.05, 4.69) is 40.3 Å². The second-order valence-corrected chi connectivity index (χ2v) is 18.5. The van der Waals surface area contributed by atoms with E-state index in [-0.39, 0.29) is 86.3 Å². The number of halogens is 4. The van der Waals surface area contributed by atoms with Gasteiger partial charge in [0.2, 0.25) is 17.8 Å². The third-order valence-corrected chi connectivity index (χ3v) is 13.5. The van der Waals surface area contributed by atoms with Crippen LogP contribution in [0.2, 0.25) is 5.02 Å². The lowest BCUT2D eigenvalue weighted by Gasteiger charge is -2.57. The molecule has 23 heteroatoms. The van der Waals surface area contributed by atoms with Crippen molar-refractivity contribution in [3.8, 4) is 11.3 Å². The highest BCUT2D eigenvalue weighted by Gasteiger charge is 2.62. The Kier molecular flexibility index (Phi) is 11.1. The van der Waals surface area contributed by atoms with Gasteiger partial charge in [-0.15, -0.1) is 5.10 Å². The largest absolute Gasteiger partial charge is 0.370 e. The first-order valence-corrected chi connectivity index (χ1v) is 22.2. The molecule has 350 valence electrons. The van der Waals surface area contributed by atoms with Gasteiger partial charge in [-0.05, 0) is 50.3 Å². The van der Waals surface area contributed by atoms with Gasteiger partial charge in [0, 0.05) is 82.4 Å². The van der Waals surface area contributed by atoms with E-state index in [1.165, 1.54) is 21.3 Å². The first-order valence-electron chi connectivity index (χ1n) is 21.9. The molecule has 2 atom stereocenters. The zero-order valence-corrected chi connectivity index (χ0v) is 38.4. The molecule has 0 radical (unpaired) electrons. The van der Waals surface area contributed by atoms with Crippen LogP contribution in [0.4, 0.5) is 25.1 Å². The Balaban J connectivity index is 0.000000157. The quantitative estimate of drug-likeness (QED) is 0.220. The fourth-order valence-corrected chi connectivity index (χ4v) is 9.77. The lowest BCUT2D eigenvalue weighted by Crippen LogP contribution is -2.53. The van der Waals surface area contributed by atoms with Crippen LogP contribution in [0.25, 0.3) is 33.3 Å². The van der Waals surface area contributed by atoms with Crippen LogP contribution < -0.4 is 20.9 Å². The van der Waals surface area contributed by atoms with Crippen LogP contribution in [0.3, 0.4) is 0 Å². The van der Waals surface area contributed by atoms with Crippen molar-refractivity contribution in [2.24, 2.45) is 33.6 Å². The van der Waals surface area contributed by atoms with E-state index in [4.69, 9.17) is 26.1 Å². The Morgan fingerprint density at radius 1 is 0.746 bits per heavy atom. The highest BCUT2D eigenvalue weighted by atomic mass is 35.5. The van der Waals surface area contributed by atoms with E-state index in [9.17, 15) is 22.8 Å². The molecular weight excluding hydrogens is 895 g/mol. The van der Waals surface area contributed by atoms with Gasteiger partial charge < -0.3 is 19.3 Å². The van der Waals surface area contributed by atoms with Crippen LogP contribution in [-0.4, -0.2) is 109 Å². The summed E-state index contributed by atoms with van der Waals surface area (Å²) < 4.78 is 60.1. The third kappa shape index (κ3) is 8.28. The van der Waals surface area contributed by atoms with Crippen molar-refractivity contribution in [1.29, 1.82) is 0 Å². The van der Waals surface area contributed by atoms with Gasteiger partial charge in [0.1, 0.15) is 52.1 Å². The average molecular weight is 942 g/mol. The molecule has 2 unspecified atom stereocenters. The van der Waals surface area contributed by atoms with Crippen LogP contribution in [0.15, 0.2) is 46.4 Å². The van der Waals surface area contributed by atoms with E-state index < -0.39 is 11.7 Å². The minimum absolute atomic E-state index is 0.00508. The molecule has 0 bridgehead atoms. The molecule has 11 rings (SSSR count). The first kappa shape index (κ1) is 44.4. The summed E-state index contributed by atoms with van der Waals surface area (Å²) in [6, 6.07) is 4.30. The zero-order valence-electron chi connectivity index (χ0n) is 37.6. The van der Waals surface area contributed by atoms with Crippen molar-refractivity contribution in [1.82, 2.24) is 63.8 Å². The van der Waals surface area contributed by atoms with Gasteiger partial charge in [0.05, 0.1) is 44.4 Å². The molecule has 6 aromatic heterocycles. The molecule has 1 aromatic carbocycles. The van der Waals surface area contributed by atoms with Crippen LogP contribution in [0.1, 0.15) is 72.4 Å². The zero-order chi connectivity index (χ0) is 47.1. The maximum atomic E-state index is 14.9. The Hall–Kier alpha value is -6.39. The molecule has 0 amide bonds. The minimum Gasteiger partial charge on any atom is -0.370 e. The van der Waals surface area contributed by atoms with Crippen molar-refractivity contribution in [3.63, 3.8) is 0 Å². The molecule has 1 spiro atoms. The maximum absolute atomic E-state index is 14.9. The first-order chi connectivity index (χ1) is 31.9. The number of aryl methyl sites for hydroxylation is 4. The summed E-state index contributed by atoms with van der Waals surface area (Å²) in [6.07, 6.45) is 6.13. The Bertz CT molecular complexity index is 3190. The lowest BCUT2D eigenvalue weighted by atomic mass is 9.49. The highest BCUT2D eigenvalue weighted by molar-refractivity contribution is 6.30. The Morgan fingerprint density at radius 2 is 1.36 bits per heavy atom. The number of morpholine rings is 2. The van der Waals surface area contributed by atoms with E-state index in [0.29, 0.717) is 86.7 Å². The van der Waals surface area contributed by atoms with E-state index in [0.717, 1.165) is 5.56 Å². The smallest absolute Gasteiger partial charge is 0.279 e. The number of aromatic nitrogens is 13. The number of alkyl halides is 2. The SMILES string of the molecule is Cc1nc2c(-c3ccc(Cl)cc3F)nc(N3CCOC(c4cn(C)nn4)C3)nc2c(=O)n1C.Cc1nc2c(C3CC4(C3)CC(F)(F)C4)nc(N3CCOC(c4cnn(C)c4)C3)nc2c(=O)n1C. The van der Waals surface area contributed by atoms with Crippen LogP contribution >= 0.6 is 11.6 Å². The monoisotopic (exact) mass is 941 g/mol. The summed E-state index contributed by atoms with van der Waals surface area (Å²) >= 11 is 5.95. The number of anilines is 2. The predicted octanol–water partition coefficient (Wildman–Crippen LogP) is 4.83. The normalized spacial score (nSPS) is 20.2. The summed E-state index contributed by atoms with van der Waals surface area (Å²) in [5, 5.41) is 12.6. The number of hydrogen-bond donors (Lipinski definition) is 0. The van der Waals surface area contributed by atoms with Gasteiger partial charge in [-0.1, -0.05) is 16.8 Å². The number of hydrogen-bond acceptors (Lipinski definition) is 15. The molecule has 67 heavy (non-hydrogen) atoms. The van der Waals surface area contributed by atoms with Gasteiger partial charge in [-0.2, -0.15) is 5.10 Å². The van der Waals surface area contributed by atoms with E-state index >= 15 is 0 Å². The molecule has 2 aliphatic carbocycles. The fraction of sp³-hybridized carbons (Fsp3) is 0.477. The van der Waals surface area contributed by atoms with Crippen LogP contribution in [0.5, 0.6) is 0 Å². The molecular formula is C44H47ClF3N15O4. The number of nitrogens with zero attached hydrogens (tertiary/aromatic N) is 15. The van der Waals surface area contributed by atoms with Crippen molar-refractivity contribution in [2.75, 3.05) is 49.2 Å². The van der Waals surface area contributed by atoms with Gasteiger partial charge in [0.25, 0.3) is 11.1 Å². The van der Waals surface area contributed by atoms with Crippen LogP contribution in [0, 0.1) is 25.1 Å². The lowest BCUT2D eigenvalue weighted by molar-refractivity contribution is -0.196. The summed E-state index contributed by atoms with van der Waals surface area (Å²) in [4.78, 5) is 58.0. The van der Waals surface area contributed by atoms with E-state index in [1.807, 2.05) is 23.0 Å². The summed E-state index contributed by atoms with van der Waals surface area (Å²) in [7, 11) is 6.93. The average Bonchev–Trinajstić information content (AvgIpc) is 3.94. The van der Waals surface area contributed by atoms with Gasteiger partial charge in [-0.3, -0.25) is 28.1 Å². The number of rotatable bonds is 6. The van der Waals surface area contributed by atoms with Crippen molar-refractivity contribution < 1.29 is 22.6 Å². The van der Waals surface area contributed by atoms with Crippen molar-refractivity contribution in [2.45, 2.75) is 63.6 Å². The number of fused-ring (bicyclic) bond motifs is 2. The molecule has 2 saturated heterocycles. The van der Waals surface area contributed by atoms with Crippen LogP contribution in [-0.2, 0) is 37.7 Å². The van der Waals surface area contributed by atoms with Gasteiger partial charge in [0.15, 0.2) is 11.0 Å². The second kappa shape index (κ2) is 16.7. The molecule has 4 aliphatic rings. The van der Waals surface area contributed by atoms with Gasteiger partial charge in [-0.25, -0.2) is 43.1 Å². The number of ether oxygens (including phenoxy) is 2. The molecule has 19 nitrogen and oxygen atoms in total. The Morgan fingerprint density at radius 3 is 1.96 bits per heavy atom. The fourth-order valence-electron chi connectivity index (χ4n) is 9.61. The maximum Gasteiger partial charge on any atom is 0.279 e. The predicted molar refractivity (Wildman–Crippen MR) is 240 cm³/mol. The topological polar surface area (TPSA) is 195 Å². The summed E-state index contributed by atoms with van der Waals surface area (Å²) in [6.45, 7) is 6.35. The molecule has 4 fully saturated rings. The third-order valence-electron chi connectivity index (χ3n) is 13.2. The molecule has 0 N–H and O–H groups in total. The molecule has 2 saturated carbocycles. The standard InChI is InChI=1S/C23H27F2N7O2.C21H20ClFN8O2/c1-13-27-18-17(14-6-22(7-14)11-23(24,25)12-22)28-21(29-19(18)20(33)31(13)3)32-4-5-34-16(10-32)15-8-26-30(2)9-15;1-11-24-18-17(13-5-4-12(22)8-14(13)23)25-21(26-19(18)20(32)30(11)3)31-6-7-33-16(10-31)15-9-29(2)28-27-15/h8-9,14,16H,4-7,10-12H2,1-3H3;4-5,8-9,16H,6-7,10H2,1-3H3. The molecule has 8 heterocycles. The minimum atomic E-state index is -2.55. The summed E-state index contributed by atoms with van der Waals surface area (Å²) in [5.74, 6) is -1.34. The van der Waals surface area contributed by atoms with Crippen molar-refractivity contribution in [3.05, 3.63) is 96.9 Å². The Labute approximate surface area is 385 Å². The van der Waals surface area contributed by atoms with E-state index in [1.54, 1.807) is 62.8 Å². The van der Waals surface area contributed by atoms with Crippen molar-refractivity contribution >= 4 is 45.6 Å². The highest BCUT2D eigenvalue weighted by Crippen LogP contribution is 2.67.